The second-order valence-electron chi connectivity index (χ2n) is 3.33. The lowest BCUT2D eigenvalue weighted by molar-refractivity contribution is -0.118. The summed E-state index contributed by atoms with van der Waals surface area (Å²) in [6, 6.07) is 13.9. The Morgan fingerprint density at radius 2 is 1.80 bits per heavy atom. The molecule has 0 saturated carbocycles. The predicted octanol–water partition coefficient (Wildman–Crippen LogP) is 2.30. The van der Waals surface area contributed by atoms with Gasteiger partial charge in [0.25, 0.3) is 0 Å². The molecule has 0 saturated heterocycles. The van der Waals surface area contributed by atoms with E-state index in [0.29, 0.717) is 0 Å². The molecule has 2 N–H and O–H groups in total. The van der Waals surface area contributed by atoms with Crippen LogP contribution in [-0.2, 0) is 4.79 Å². The van der Waals surface area contributed by atoms with Crippen LogP contribution in [0.4, 0.5) is 5.69 Å². The maximum absolute atomic E-state index is 10.8. The summed E-state index contributed by atoms with van der Waals surface area (Å²) in [7, 11) is 0. The summed E-state index contributed by atoms with van der Waals surface area (Å²) in [5.74, 6) is -0.108. The van der Waals surface area contributed by atoms with Gasteiger partial charge in [0, 0.05) is 12.3 Å². The standard InChI is InChI=1S/C12H12N2O/c1-9(15)13-14-12-8-4-6-10-5-2-3-7-11(10)12/h2-8,14H,1H3,(H,13,15). The SMILES string of the molecule is CC(=O)NNc1cccc2ccccc12. The fourth-order valence-electron chi connectivity index (χ4n) is 1.49. The van der Waals surface area contributed by atoms with E-state index in [1.165, 1.54) is 6.92 Å². The number of carbonyl (C=O) groups is 1. The van der Waals surface area contributed by atoms with Gasteiger partial charge in [-0.25, -0.2) is 0 Å². The first kappa shape index (κ1) is 9.52. The zero-order chi connectivity index (χ0) is 10.7. The largest absolute Gasteiger partial charge is 0.298 e. The quantitative estimate of drug-likeness (QED) is 0.730. The summed E-state index contributed by atoms with van der Waals surface area (Å²) in [4.78, 5) is 10.8. The molecule has 0 aliphatic carbocycles. The van der Waals surface area contributed by atoms with Crippen molar-refractivity contribution in [2.45, 2.75) is 6.92 Å². The highest BCUT2D eigenvalue weighted by Gasteiger charge is 1.98. The Labute approximate surface area is 88.1 Å². The smallest absolute Gasteiger partial charge is 0.235 e. The van der Waals surface area contributed by atoms with Gasteiger partial charge in [0.05, 0.1) is 5.69 Å². The van der Waals surface area contributed by atoms with E-state index in [2.05, 4.69) is 10.9 Å². The van der Waals surface area contributed by atoms with Crippen LogP contribution in [0.1, 0.15) is 6.92 Å². The van der Waals surface area contributed by atoms with Crippen LogP contribution in [-0.4, -0.2) is 5.91 Å². The first-order chi connectivity index (χ1) is 7.27. The molecule has 15 heavy (non-hydrogen) atoms. The molecule has 0 bridgehead atoms. The third kappa shape index (κ3) is 2.07. The zero-order valence-corrected chi connectivity index (χ0v) is 8.45. The molecule has 0 radical (unpaired) electrons. The maximum atomic E-state index is 10.8. The van der Waals surface area contributed by atoms with Gasteiger partial charge >= 0.3 is 0 Å². The van der Waals surface area contributed by atoms with Crippen LogP contribution >= 0.6 is 0 Å². The molecule has 0 unspecified atom stereocenters. The monoisotopic (exact) mass is 200 g/mol. The zero-order valence-electron chi connectivity index (χ0n) is 8.45. The molecule has 0 heterocycles. The minimum Gasteiger partial charge on any atom is -0.298 e. The van der Waals surface area contributed by atoms with Crippen molar-refractivity contribution in [2.75, 3.05) is 5.43 Å². The summed E-state index contributed by atoms with van der Waals surface area (Å²) in [6.07, 6.45) is 0. The molecule has 76 valence electrons. The Bertz CT molecular complexity index is 488. The fourth-order valence-corrected chi connectivity index (χ4v) is 1.49. The van der Waals surface area contributed by atoms with E-state index in [4.69, 9.17) is 0 Å². The highest BCUT2D eigenvalue weighted by molar-refractivity contribution is 5.94. The average Bonchev–Trinajstić information content (AvgIpc) is 2.26. The van der Waals surface area contributed by atoms with Gasteiger partial charge in [-0.3, -0.25) is 15.6 Å². The lowest BCUT2D eigenvalue weighted by Gasteiger charge is -2.09. The Morgan fingerprint density at radius 3 is 2.60 bits per heavy atom. The van der Waals surface area contributed by atoms with Gasteiger partial charge in [-0.15, -0.1) is 0 Å². The molecule has 3 nitrogen and oxygen atoms in total. The van der Waals surface area contributed by atoms with Crippen LogP contribution in [0.2, 0.25) is 0 Å². The first-order valence-corrected chi connectivity index (χ1v) is 4.78. The molecule has 0 aliphatic heterocycles. The fraction of sp³-hybridized carbons (Fsp3) is 0.0833. The number of hydrogen-bond donors (Lipinski definition) is 2. The van der Waals surface area contributed by atoms with Gasteiger partial charge < -0.3 is 0 Å². The summed E-state index contributed by atoms with van der Waals surface area (Å²) in [5, 5.41) is 2.24. The number of anilines is 1. The number of rotatable bonds is 2. The van der Waals surface area contributed by atoms with Crippen molar-refractivity contribution >= 4 is 22.4 Å². The Balaban J connectivity index is 2.38. The lowest BCUT2D eigenvalue weighted by Crippen LogP contribution is -2.26. The third-order valence-corrected chi connectivity index (χ3v) is 2.16. The maximum Gasteiger partial charge on any atom is 0.235 e. The van der Waals surface area contributed by atoms with Crippen LogP contribution in [0.15, 0.2) is 42.5 Å². The van der Waals surface area contributed by atoms with E-state index >= 15 is 0 Å². The number of hydrazine groups is 1. The van der Waals surface area contributed by atoms with E-state index in [9.17, 15) is 4.79 Å². The second-order valence-corrected chi connectivity index (χ2v) is 3.33. The molecule has 0 fully saturated rings. The minimum absolute atomic E-state index is 0.108. The summed E-state index contributed by atoms with van der Waals surface area (Å²) in [6.45, 7) is 1.47. The van der Waals surface area contributed by atoms with E-state index in [1.54, 1.807) is 0 Å². The molecule has 0 aromatic heterocycles. The van der Waals surface area contributed by atoms with Crippen LogP contribution in [0.25, 0.3) is 10.8 Å². The predicted molar refractivity (Wildman–Crippen MR) is 61.4 cm³/mol. The number of carbonyl (C=O) groups excluding carboxylic acids is 1. The van der Waals surface area contributed by atoms with Crippen molar-refractivity contribution in [3.63, 3.8) is 0 Å². The van der Waals surface area contributed by atoms with Crippen LogP contribution in [0.5, 0.6) is 0 Å². The van der Waals surface area contributed by atoms with Gasteiger partial charge in [0.2, 0.25) is 5.91 Å². The molecular formula is C12H12N2O. The van der Waals surface area contributed by atoms with Crippen molar-refractivity contribution in [3.8, 4) is 0 Å². The highest BCUT2D eigenvalue weighted by Crippen LogP contribution is 2.21. The molecule has 1 amide bonds. The minimum atomic E-state index is -0.108. The Morgan fingerprint density at radius 1 is 1.07 bits per heavy atom. The van der Waals surface area contributed by atoms with Crippen LogP contribution < -0.4 is 10.9 Å². The number of hydrogen-bond acceptors (Lipinski definition) is 2. The molecule has 0 atom stereocenters. The number of amides is 1. The van der Waals surface area contributed by atoms with Crippen molar-refractivity contribution in [1.29, 1.82) is 0 Å². The highest BCUT2D eigenvalue weighted by atomic mass is 16.2. The van der Waals surface area contributed by atoms with Crippen molar-refractivity contribution in [2.24, 2.45) is 0 Å². The average molecular weight is 200 g/mol. The van der Waals surface area contributed by atoms with Crippen LogP contribution in [0.3, 0.4) is 0 Å². The number of nitrogens with one attached hydrogen (secondary N) is 2. The van der Waals surface area contributed by atoms with Crippen LogP contribution in [0, 0.1) is 0 Å². The van der Waals surface area contributed by atoms with Crippen molar-refractivity contribution < 1.29 is 4.79 Å². The van der Waals surface area contributed by atoms with E-state index in [1.807, 2.05) is 42.5 Å². The summed E-state index contributed by atoms with van der Waals surface area (Å²) >= 11 is 0. The normalized spacial score (nSPS) is 9.93. The molecule has 2 rings (SSSR count). The number of fused-ring (bicyclic) bond motifs is 1. The third-order valence-electron chi connectivity index (χ3n) is 2.16. The number of benzene rings is 2. The van der Waals surface area contributed by atoms with Gasteiger partial charge in [0.1, 0.15) is 0 Å². The van der Waals surface area contributed by atoms with E-state index in [0.717, 1.165) is 16.5 Å². The lowest BCUT2D eigenvalue weighted by atomic mass is 10.1. The Kier molecular flexibility index (Phi) is 2.54. The molecular weight excluding hydrogens is 188 g/mol. The van der Waals surface area contributed by atoms with Gasteiger partial charge in [-0.1, -0.05) is 36.4 Å². The summed E-state index contributed by atoms with van der Waals surface area (Å²) in [5.41, 5.74) is 6.36. The van der Waals surface area contributed by atoms with Gasteiger partial charge in [-0.05, 0) is 11.5 Å². The van der Waals surface area contributed by atoms with E-state index < -0.39 is 0 Å². The molecule has 0 aliphatic rings. The first-order valence-electron chi connectivity index (χ1n) is 4.78. The summed E-state index contributed by atoms with van der Waals surface area (Å²) < 4.78 is 0. The van der Waals surface area contributed by atoms with E-state index in [-0.39, 0.29) is 5.91 Å². The Hall–Kier alpha value is -2.03. The van der Waals surface area contributed by atoms with Gasteiger partial charge in [-0.2, -0.15) is 0 Å². The molecule has 2 aromatic carbocycles. The molecule has 3 heteroatoms. The second kappa shape index (κ2) is 4.00. The van der Waals surface area contributed by atoms with Gasteiger partial charge in [0.15, 0.2) is 0 Å². The van der Waals surface area contributed by atoms with Crippen molar-refractivity contribution in [1.82, 2.24) is 5.43 Å². The molecule has 2 aromatic rings. The molecule has 0 spiro atoms. The van der Waals surface area contributed by atoms with Crippen molar-refractivity contribution in [3.05, 3.63) is 42.5 Å². The topological polar surface area (TPSA) is 41.1 Å².